The molecule has 3 aromatic rings. The number of para-hydroxylation sites is 1. The van der Waals surface area contributed by atoms with Crippen LogP contribution in [-0.4, -0.2) is 83.6 Å². The quantitative estimate of drug-likeness (QED) is 0.0586. The summed E-state index contributed by atoms with van der Waals surface area (Å²) < 4.78 is 0. The number of nitrogens with two attached hydrogens (primary N) is 2. The third kappa shape index (κ3) is 12.3. The standard InChI is InChI=1S/C38H54N8O6/c1-5-23(2)33(38(52)43-24(3)34(48)44-28(22-47)19-26-13-7-6-8-14-26)46-35(49)25(4)42-37(51)32(17-11-12-18-39)45-36(50)30(40)20-27-21-41-31-16-10-9-15-29(27)31/h6-10,13-16,21-25,28,30,32-33,41H,5,11-12,17-20,39-40H2,1-4H3,(H,42,51)(H,43,52)(H,44,48)(H,45,50)(H,46,49)/t23-,24-,25-,28-,30-,32-,33-/m0/s1. The van der Waals surface area contributed by atoms with E-state index in [9.17, 15) is 28.8 Å². The molecule has 0 saturated carbocycles. The molecule has 0 radical (unpaired) electrons. The van der Waals surface area contributed by atoms with E-state index in [1.807, 2.05) is 67.7 Å². The molecular formula is C38H54N8O6. The average Bonchev–Trinajstić information content (AvgIpc) is 3.55. The summed E-state index contributed by atoms with van der Waals surface area (Å²) in [5.74, 6) is -3.20. The van der Waals surface area contributed by atoms with Crippen LogP contribution in [0.25, 0.3) is 10.9 Å². The molecule has 0 spiro atoms. The van der Waals surface area contributed by atoms with Crippen molar-refractivity contribution >= 4 is 46.7 Å². The van der Waals surface area contributed by atoms with Gasteiger partial charge in [0, 0.05) is 17.1 Å². The average molecular weight is 719 g/mol. The zero-order valence-electron chi connectivity index (χ0n) is 30.4. The molecular weight excluding hydrogens is 664 g/mol. The molecule has 282 valence electrons. The number of aldehydes is 1. The number of aromatic nitrogens is 1. The molecule has 3 rings (SSSR count). The predicted molar refractivity (Wildman–Crippen MR) is 200 cm³/mol. The lowest BCUT2D eigenvalue weighted by Gasteiger charge is -2.27. The van der Waals surface area contributed by atoms with E-state index in [4.69, 9.17) is 11.5 Å². The number of nitrogens with one attached hydrogen (secondary N) is 6. The van der Waals surface area contributed by atoms with Crippen LogP contribution in [0.4, 0.5) is 0 Å². The summed E-state index contributed by atoms with van der Waals surface area (Å²) >= 11 is 0. The molecule has 0 aliphatic heterocycles. The summed E-state index contributed by atoms with van der Waals surface area (Å²) in [6, 6.07) is 11.1. The van der Waals surface area contributed by atoms with E-state index in [0.717, 1.165) is 22.0 Å². The van der Waals surface area contributed by atoms with E-state index < -0.39 is 65.8 Å². The van der Waals surface area contributed by atoms with Crippen LogP contribution >= 0.6 is 0 Å². The van der Waals surface area contributed by atoms with Gasteiger partial charge in [0.15, 0.2) is 0 Å². The maximum absolute atomic E-state index is 13.4. The molecule has 14 heteroatoms. The maximum Gasteiger partial charge on any atom is 0.243 e. The van der Waals surface area contributed by atoms with Crippen molar-refractivity contribution in [3.63, 3.8) is 0 Å². The van der Waals surface area contributed by atoms with E-state index >= 15 is 0 Å². The number of aromatic amines is 1. The van der Waals surface area contributed by atoms with Crippen molar-refractivity contribution < 1.29 is 28.8 Å². The van der Waals surface area contributed by atoms with Crippen molar-refractivity contribution in [3.8, 4) is 0 Å². The lowest BCUT2D eigenvalue weighted by atomic mass is 9.97. The van der Waals surface area contributed by atoms with Gasteiger partial charge in [0.1, 0.15) is 30.5 Å². The van der Waals surface area contributed by atoms with Crippen molar-refractivity contribution in [1.29, 1.82) is 0 Å². The molecule has 5 amide bonds. The molecule has 0 unspecified atom stereocenters. The van der Waals surface area contributed by atoms with Gasteiger partial charge >= 0.3 is 0 Å². The first kappa shape index (κ1) is 41.3. The van der Waals surface area contributed by atoms with E-state index in [2.05, 4.69) is 31.6 Å². The normalized spacial score (nSPS) is 15.2. The summed E-state index contributed by atoms with van der Waals surface area (Å²) in [5.41, 5.74) is 14.6. The van der Waals surface area contributed by atoms with Crippen LogP contribution < -0.4 is 38.1 Å². The van der Waals surface area contributed by atoms with Gasteiger partial charge in [0.25, 0.3) is 0 Å². The fourth-order valence-corrected chi connectivity index (χ4v) is 5.71. The molecule has 1 aromatic heterocycles. The lowest BCUT2D eigenvalue weighted by Crippen LogP contribution is -2.59. The fraction of sp³-hybridized carbons (Fsp3) is 0.474. The van der Waals surface area contributed by atoms with Crippen molar-refractivity contribution in [3.05, 3.63) is 71.9 Å². The van der Waals surface area contributed by atoms with Gasteiger partial charge in [0.05, 0.1) is 12.1 Å². The molecule has 0 aliphatic carbocycles. The first-order chi connectivity index (χ1) is 24.9. The third-order valence-electron chi connectivity index (χ3n) is 9.12. The number of H-pyrrole nitrogens is 1. The molecule has 1 heterocycles. The summed E-state index contributed by atoms with van der Waals surface area (Å²) in [4.78, 5) is 81.0. The second-order valence-corrected chi connectivity index (χ2v) is 13.3. The Hall–Kier alpha value is -5.08. The smallest absolute Gasteiger partial charge is 0.243 e. The molecule has 2 aromatic carbocycles. The number of rotatable bonds is 21. The second kappa shape index (κ2) is 20.7. The highest BCUT2D eigenvalue weighted by Crippen LogP contribution is 2.19. The minimum absolute atomic E-state index is 0.247. The summed E-state index contributed by atoms with van der Waals surface area (Å²) in [6.07, 6.45) is 4.97. The number of benzene rings is 2. The minimum atomic E-state index is -1.08. The summed E-state index contributed by atoms with van der Waals surface area (Å²) in [7, 11) is 0. The Bertz CT molecular complexity index is 1650. The highest BCUT2D eigenvalue weighted by molar-refractivity contribution is 5.96. The van der Waals surface area contributed by atoms with Gasteiger partial charge in [-0.15, -0.1) is 0 Å². The Morgan fingerprint density at radius 1 is 0.750 bits per heavy atom. The first-order valence-electron chi connectivity index (χ1n) is 17.9. The zero-order valence-corrected chi connectivity index (χ0v) is 30.4. The molecule has 0 aliphatic rings. The first-order valence-corrected chi connectivity index (χ1v) is 17.9. The van der Waals surface area contributed by atoms with Crippen LogP contribution in [0.1, 0.15) is 64.5 Å². The fourth-order valence-electron chi connectivity index (χ4n) is 5.71. The molecule has 0 bridgehead atoms. The van der Waals surface area contributed by atoms with Crippen LogP contribution in [0.5, 0.6) is 0 Å². The van der Waals surface area contributed by atoms with Crippen LogP contribution in [-0.2, 0) is 41.6 Å². The van der Waals surface area contributed by atoms with E-state index in [1.54, 1.807) is 6.92 Å². The van der Waals surface area contributed by atoms with Gasteiger partial charge in [-0.2, -0.15) is 0 Å². The molecule has 14 nitrogen and oxygen atoms in total. The Labute approximate surface area is 305 Å². The third-order valence-corrected chi connectivity index (χ3v) is 9.12. The number of fused-ring (bicyclic) bond motifs is 1. The Morgan fingerprint density at radius 3 is 2.04 bits per heavy atom. The van der Waals surface area contributed by atoms with Gasteiger partial charge in [-0.3, -0.25) is 24.0 Å². The van der Waals surface area contributed by atoms with Gasteiger partial charge < -0.3 is 47.8 Å². The number of unbranched alkanes of at least 4 members (excludes halogenated alkanes) is 1. The van der Waals surface area contributed by atoms with Crippen LogP contribution in [0.15, 0.2) is 60.8 Å². The predicted octanol–water partition coefficient (Wildman–Crippen LogP) is 1.12. The minimum Gasteiger partial charge on any atom is -0.361 e. The Kier molecular flexibility index (Phi) is 16.4. The van der Waals surface area contributed by atoms with E-state index in [1.165, 1.54) is 13.8 Å². The Morgan fingerprint density at radius 2 is 1.38 bits per heavy atom. The van der Waals surface area contributed by atoms with Crippen molar-refractivity contribution in [1.82, 2.24) is 31.6 Å². The second-order valence-electron chi connectivity index (χ2n) is 13.3. The van der Waals surface area contributed by atoms with Crippen LogP contribution in [0.3, 0.4) is 0 Å². The largest absolute Gasteiger partial charge is 0.361 e. The zero-order chi connectivity index (χ0) is 38.2. The highest BCUT2D eigenvalue weighted by atomic mass is 16.2. The number of carbonyl (C=O) groups excluding carboxylic acids is 6. The molecule has 0 fully saturated rings. The van der Waals surface area contributed by atoms with Gasteiger partial charge in [-0.1, -0.05) is 68.8 Å². The van der Waals surface area contributed by atoms with Crippen molar-refractivity contribution in [2.24, 2.45) is 17.4 Å². The molecule has 0 saturated heterocycles. The molecule has 7 atom stereocenters. The summed E-state index contributed by atoms with van der Waals surface area (Å²) in [6.45, 7) is 7.01. The lowest BCUT2D eigenvalue weighted by molar-refractivity contribution is -0.135. The molecule has 10 N–H and O–H groups in total. The monoisotopic (exact) mass is 718 g/mol. The number of hydrogen-bond acceptors (Lipinski definition) is 8. The number of carbonyl (C=O) groups is 6. The van der Waals surface area contributed by atoms with Crippen LogP contribution in [0.2, 0.25) is 0 Å². The SMILES string of the molecule is CC[C@H](C)[C@H](NC(=O)[C@H](C)NC(=O)[C@H](CCCCN)NC(=O)[C@@H](N)Cc1c[nH]c2ccccc12)C(=O)N[C@@H](C)C(=O)N[C@H](C=O)Cc1ccccc1. The van der Waals surface area contributed by atoms with Gasteiger partial charge in [-0.05, 0) is 75.6 Å². The van der Waals surface area contributed by atoms with Crippen LogP contribution in [0, 0.1) is 5.92 Å². The van der Waals surface area contributed by atoms with E-state index in [0.29, 0.717) is 38.5 Å². The van der Waals surface area contributed by atoms with Crippen molar-refractivity contribution in [2.45, 2.75) is 102 Å². The van der Waals surface area contributed by atoms with Gasteiger partial charge in [0.2, 0.25) is 29.5 Å². The van der Waals surface area contributed by atoms with E-state index in [-0.39, 0.29) is 18.8 Å². The number of hydrogen-bond donors (Lipinski definition) is 8. The Balaban J connectivity index is 1.59. The summed E-state index contributed by atoms with van der Waals surface area (Å²) in [5, 5.41) is 14.4. The maximum atomic E-state index is 13.4. The topological polar surface area (TPSA) is 230 Å². The highest BCUT2D eigenvalue weighted by Gasteiger charge is 2.32. The molecule has 52 heavy (non-hydrogen) atoms. The van der Waals surface area contributed by atoms with Gasteiger partial charge in [-0.25, -0.2) is 0 Å². The van der Waals surface area contributed by atoms with Crippen molar-refractivity contribution in [2.75, 3.05) is 6.54 Å². The number of amides is 5.